The van der Waals surface area contributed by atoms with Crippen molar-refractivity contribution in [1.82, 2.24) is 0 Å². The minimum Gasteiger partial charge on any atom is -0.207 e. The molecule has 0 amide bonds. The fourth-order valence-electron chi connectivity index (χ4n) is 1.66. The van der Waals surface area contributed by atoms with Crippen LogP contribution in [-0.4, -0.2) is 0 Å². The second-order valence-electron chi connectivity index (χ2n) is 4.02. The summed E-state index contributed by atoms with van der Waals surface area (Å²) in [7, 11) is 0. The smallest absolute Gasteiger partial charge is 0.126 e. The SMILES string of the molecule is CCc1cc(SCc2ccc(F)cc2)ccc1F. The third-order valence-corrected chi connectivity index (χ3v) is 3.78. The van der Waals surface area contributed by atoms with Crippen molar-refractivity contribution in [3.8, 4) is 0 Å². The van der Waals surface area contributed by atoms with E-state index in [1.165, 1.54) is 18.2 Å². The van der Waals surface area contributed by atoms with Gasteiger partial charge in [0.2, 0.25) is 0 Å². The number of hydrogen-bond acceptors (Lipinski definition) is 1. The van der Waals surface area contributed by atoms with Crippen molar-refractivity contribution in [2.24, 2.45) is 0 Å². The van der Waals surface area contributed by atoms with Gasteiger partial charge in [-0.05, 0) is 47.9 Å². The van der Waals surface area contributed by atoms with E-state index in [-0.39, 0.29) is 11.6 Å². The molecule has 0 heterocycles. The van der Waals surface area contributed by atoms with Crippen molar-refractivity contribution in [1.29, 1.82) is 0 Å². The van der Waals surface area contributed by atoms with Crippen molar-refractivity contribution < 1.29 is 8.78 Å². The fraction of sp³-hybridized carbons (Fsp3) is 0.200. The van der Waals surface area contributed by atoms with E-state index in [9.17, 15) is 8.78 Å². The minimum absolute atomic E-state index is 0.149. The first-order valence-electron chi connectivity index (χ1n) is 5.84. The molecule has 0 aromatic heterocycles. The van der Waals surface area contributed by atoms with Gasteiger partial charge in [-0.2, -0.15) is 0 Å². The molecule has 0 radical (unpaired) electrons. The third kappa shape index (κ3) is 3.33. The highest BCUT2D eigenvalue weighted by molar-refractivity contribution is 7.98. The zero-order chi connectivity index (χ0) is 13.0. The summed E-state index contributed by atoms with van der Waals surface area (Å²) in [6.07, 6.45) is 0.691. The van der Waals surface area contributed by atoms with Crippen molar-refractivity contribution in [3.63, 3.8) is 0 Å². The van der Waals surface area contributed by atoms with Crippen molar-refractivity contribution in [3.05, 3.63) is 65.2 Å². The van der Waals surface area contributed by atoms with E-state index in [0.717, 1.165) is 21.8 Å². The van der Waals surface area contributed by atoms with Crippen LogP contribution < -0.4 is 0 Å². The van der Waals surface area contributed by atoms with Gasteiger partial charge in [-0.1, -0.05) is 19.1 Å². The Labute approximate surface area is 110 Å². The van der Waals surface area contributed by atoms with E-state index in [1.54, 1.807) is 30.0 Å². The van der Waals surface area contributed by atoms with E-state index < -0.39 is 0 Å². The predicted octanol–water partition coefficient (Wildman–Crippen LogP) is 4.82. The Hall–Kier alpha value is -1.35. The molecule has 0 fully saturated rings. The van der Waals surface area contributed by atoms with Gasteiger partial charge in [-0.3, -0.25) is 0 Å². The normalized spacial score (nSPS) is 10.6. The first-order valence-corrected chi connectivity index (χ1v) is 6.83. The Balaban J connectivity index is 2.04. The maximum atomic E-state index is 13.3. The molecule has 0 bridgehead atoms. The summed E-state index contributed by atoms with van der Waals surface area (Å²) in [5.41, 5.74) is 1.79. The van der Waals surface area contributed by atoms with Gasteiger partial charge in [0.15, 0.2) is 0 Å². The lowest BCUT2D eigenvalue weighted by molar-refractivity contribution is 0.610. The van der Waals surface area contributed by atoms with Gasteiger partial charge >= 0.3 is 0 Å². The zero-order valence-electron chi connectivity index (χ0n) is 10.1. The van der Waals surface area contributed by atoms with E-state index in [0.29, 0.717) is 6.42 Å². The van der Waals surface area contributed by atoms with Gasteiger partial charge < -0.3 is 0 Å². The molecule has 94 valence electrons. The predicted molar refractivity (Wildman–Crippen MR) is 71.7 cm³/mol. The second kappa shape index (κ2) is 6.01. The average Bonchev–Trinajstić information content (AvgIpc) is 2.39. The van der Waals surface area contributed by atoms with Gasteiger partial charge in [0, 0.05) is 10.6 Å². The van der Waals surface area contributed by atoms with E-state index in [2.05, 4.69) is 0 Å². The van der Waals surface area contributed by atoms with Crippen LogP contribution in [0.4, 0.5) is 8.78 Å². The van der Waals surface area contributed by atoms with E-state index in [1.807, 2.05) is 13.0 Å². The number of rotatable bonds is 4. The Morgan fingerprint density at radius 1 is 1.00 bits per heavy atom. The zero-order valence-corrected chi connectivity index (χ0v) is 10.9. The largest absolute Gasteiger partial charge is 0.207 e. The standard InChI is InChI=1S/C15H14F2S/c1-2-12-9-14(7-8-15(12)17)18-10-11-3-5-13(16)6-4-11/h3-9H,2,10H2,1H3. The molecule has 0 saturated heterocycles. The summed E-state index contributed by atoms with van der Waals surface area (Å²) in [5.74, 6) is 0.386. The summed E-state index contributed by atoms with van der Waals surface area (Å²) in [4.78, 5) is 1.04. The van der Waals surface area contributed by atoms with Gasteiger partial charge in [0.1, 0.15) is 11.6 Å². The van der Waals surface area contributed by atoms with E-state index in [4.69, 9.17) is 0 Å². The monoisotopic (exact) mass is 264 g/mol. The molecular weight excluding hydrogens is 250 g/mol. The summed E-state index contributed by atoms with van der Waals surface area (Å²) < 4.78 is 26.1. The Kier molecular flexibility index (Phi) is 4.37. The molecule has 0 saturated carbocycles. The molecule has 18 heavy (non-hydrogen) atoms. The molecule has 0 unspecified atom stereocenters. The molecule has 0 aliphatic rings. The second-order valence-corrected chi connectivity index (χ2v) is 5.07. The number of hydrogen-bond donors (Lipinski definition) is 0. The Morgan fingerprint density at radius 3 is 2.39 bits per heavy atom. The highest BCUT2D eigenvalue weighted by atomic mass is 32.2. The molecular formula is C15H14F2S. The van der Waals surface area contributed by atoms with Crippen molar-refractivity contribution >= 4 is 11.8 Å². The van der Waals surface area contributed by atoms with Crippen LogP contribution in [0.1, 0.15) is 18.1 Å². The maximum Gasteiger partial charge on any atom is 0.126 e. The third-order valence-electron chi connectivity index (χ3n) is 2.72. The van der Waals surface area contributed by atoms with Gasteiger partial charge in [0.05, 0.1) is 0 Å². The van der Waals surface area contributed by atoms with Gasteiger partial charge in [0.25, 0.3) is 0 Å². The molecule has 0 aliphatic heterocycles. The molecule has 2 rings (SSSR count). The molecule has 0 atom stereocenters. The summed E-state index contributed by atoms with van der Waals surface area (Å²) >= 11 is 1.63. The number of benzene rings is 2. The Bertz CT molecular complexity index is 521. The average molecular weight is 264 g/mol. The lowest BCUT2D eigenvalue weighted by Crippen LogP contribution is -1.88. The molecule has 0 nitrogen and oxygen atoms in total. The highest BCUT2D eigenvalue weighted by Crippen LogP contribution is 2.25. The van der Waals surface area contributed by atoms with Crippen LogP contribution in [0.15, 0.2) is 47.4 Å². The van der Waals surface area contributed by atoms with Crippen LogP contribution in [-0.2, 0) is 12.2 Å². The van der Waals surface area contributed by atoms with E-state index >= 15 is 0 Å². The van der Waals surface area contributed by atoms with Crippen LogP contribution in [0.5, 0.6) is 0 Å². The topological polar surface area (TPSA) is 0 Å². The molecule has 0 aliphatic carbocycles. The maximum absolute atomic E-state index is 13.3. The molecule has 2 aromatic carbocycles. The molecule has 3 heteroatoms. The van der Waals surface area contributed by atoms with Crippen LogP contribution in [0, 0.1) is 11.6 Å². The highest BCUT2D eigenvalue weighted by Gasteiger charge is 2.02. The van der Waals surface area contributed by atoms with Crippen molar-refractivity contribution in [2.45, 2.75) is 24.0 Å². The number of aryl methyl sites for hydroxylation is 1. The molecule has 0 N–H and O–H groups in total. The lowest BCUT2D eigenvalue weighted by Gasteiger charge is -2.05. The Morgan fingerprint density at radius 2 is 1.72 bits per heavy atom. The lowest BCUT2D eigenvalue weighted by atomic mass is 10.2. The fourth-order valence-corrected chi connectivity index (χ4v) is 2.57. The van der Waals surface area contributed by atoms with Crippen LogP contribution in [0.3, 0.4) is 0 Å². The minimum atomic E-state index is -0.223. The van der Waals surface area contributed by atoms with Crippen LogP contribution in [0.25, 0.3) is 0 Å². The first kappa shape index (κ1) is 13.1. The number of halogens is 2. The number of thioether (sulfide) groups is 1. The van der Waals surface area contributed by atoms with Gasteiger partial charge in [-0.25, -0.2) is 8.78 Å². The molecule has 2 aromatic rings. The van der Waals surface area contributed by atoms with Gasteiger partial charge in [-0.15, -0.1) is 11.8 Å². The molecule has 0 spiro atoms. The van der Waals surface area contributed by atoms with Crippen LogP contribution >= 0.6 is 11.8 Å². The summed E-state index contributed by atoms with van der Waals surface area (Å²) in [5, 5.41) is 0. The van der Waals surface area contributed by atoms with Crippen molar-refractivity contribution in [2.75, 3.05) is 0 Å². The summed E-state index contributed by atoms with van der Waals surface area (Å²) in [6, 6.07) is 11.6. The summed E-state index contributed by atoms with van der Waals surface area (Å²) in [6.45, 7) is 1.94. The first-order chi connectivity index (χ1) is 8.69. The quantitative estimate of drug-likeness (QED) is 0.713. The van der Waals surface area contributed by atoms with Crippen LogP contribution in [0.2, 0.25) is 0 Å².